The third-order valence-electron chi connectivity index (χ3n) is 0. The minimum absolute atomic E-state index is 0. The molecule has 0 spiro atoms. The maximum absolute atomic E-state index is 0. The summed E-state index contributed by atoms with van der Waals surface area (Å²) in [6, 6.07) is 0. The standard InChI is InChI=1S/Li.Na.3H2O/h;;3*1H2/q2*+1;;;/p-2. The minimum atomic E-state index is 0. The van der Waals surface area contributed by atoms with Crippen LogP contribution in [0.25, 0.3) is 0 Å². The van der Waals surface area contributed by atoms with E-state index in [0.29, 0.717) is 0 Å². The summed E-state index contributed by atoms with van der Waals surface area (Å²) >= 11 is 0. The van der Waals surface area contributed by atoms with Crippen molar-refractivity contribution in [3.63, 3.8) is 0 Å². The van der Waals surface area contributed by atoms with Gasteiger partial charge in [0, 0.05) is 0 Å². The smallest absolute Gasteiger partial charge is 0.870 e. The van der Waals surface area contributed by atoms with Gasteiger partial charge in [-0.25, -0.2) is 0 Å². The van der Waals surface area contributed by atoms with Gasteiger partial charge in [-0.05, 0) is 0 Å². The van der Waals surface area contributed by atoms with Crippen LogP contribution in [-0.2, 0) is 0 Å². The summed E-state index contributed by atoms with van der Waals surface area (Å²) in [6.07, 6.45) is 0. The Hall–Kier alpha value is 1.48. The second kappa shape index (κ2) is 50.3. The van der Waals surface area contributed by atoms with Crippen molar-refractivity contribution in [2.45, 2.75) is 0 Å². The van der Waals surface area contributed by atoms with Crippen molar-refractivity contribution in [1.29, 1.82) is 0 Å². The molecule has 24 valence electrons. The minimum Gasteiger partial charge on any atom is -0.870 e. The third-order valence-corrected chi connectivity index (χ3v) is 0. The van der Waals surface area contributed by atoms with Gasteiger partial charge >= 0.3 is 48.4 Å². The molecule has 4 N–H and O–H groups in total. The Labute approximate surface area is 64.5 Å². The van der Waals surface area contributed by atoms with Gasteiger partial charge in [-0.1, -0.05) is 0 Å². The number of hydrogen-bond donors (Lipinski definition) is 0. The quantitative estimate of drug-likeness (QED) is 0.271. The largest absolute Gasteiger partial charge is 1.00 e. The zero-order chi connectivity index (χ0) is 0. The summed E-state index contributed by atoms with van der Waals surface area (Å²) in [6.45, 7) is 0. The van der Waals surface area contributed by atoms with Crippen LogP contribution >= 0.6 is 0 Å². The molecule has 5 heteroatoms. The summed E-state index contributed by atoms with van der Waals surface area (Å²) in [7, 11) is 0. The summed E-state index contributed by atoms with van der Waals surface area (Å²) in [5.41, 5.74) is 0. The first-order chi connectivity index (χ1) is 0. The SMILES string of the molecule is O.[Li+].[Na+].[OH-].[OH-]. The number of hydrogen-bond acceptors (Lipinski definition) is 2. The Morgan fingerprint density at radius 3 is 0.800 bits per heavy atom. The van der Waals surface area contributed by atoms with Crippen molar-refractivity contribution in [2.24, 2.45) is 0 Å². The fraction of sp³-hybridized carbons (Fsp3) is 0. The molecule has 0 aromatic heterocycles. The maximum Gasteiger partial charge on any atom is 1.00 e. The summed E-state index contributed by atoms with van der Waals surface area (Å²) in [5.74, 6) is 0. The Morgan fingerprint density at radius 2 is 0.800 bits per heavy atom. The van der Waals surface area contributed by atoms with E-state index in [4.69, 9.17) is 0 Å². The van der Waals surface area contributed by atoms with Crippen LogP contribution in [0.2, 0.25) is 0 Å². The molecule has 0 saturated heterocycles. The van der Waals surface area contributed by atoms with Gasteiger partial charge in [0.1, 0.15) is 0 Å². The zero-order valence-corrected chi connectivity index (χ0v) is 5.39. The molecule has 0 bridgehead atoms. The van der Waals surface area contributed by atoms with E-state index >= 15 is 0 Å². The van der Waals surface area contributed by atoms with E-state index < -0.39 is 0 Å². The molecule has 0 atom stereocenters. The average Bonchev–Trinajstić information content (AvgIpc) is 0. The first-order valence-electron chi connectivity index (χ1n) is 0. The van der Waals surface area contributed by atoms with Crippen LogP contribution < -0.4 is 48.4 Å². The molecule has 0 aromatic rings. The van der Waals surface area contributed by atoms with Gasteiger partial charge in [0.25, 0.3) is 0 Å². The van der Waals surface area contributed by atoms with E-state index in [1.165, 1.54) is 0 Å². The van der Waals surface area contributed by atoms with Crippen molar-refractivity contribution < 1.29 is 64.8 Å². The molecule has 0 aromatic carbocycles. The van der Waals surface area contributed by atoms with Crippen LogP contribution in [-0.4, -0.2) is 16.4 Å². The molecule has 0 fully saturated rings. The van der Waals surface area contributed by atoms with E-state index in [-0.39, 0.29) is 64.8 Å². The molecule has 0 radical (unpaired) electrons. The summed E-state index contributed by atoms with van der Waals surface area (Å²) in [5, 5.41) is 0. The summed E-state index contributed by atoms with van der Waals surface area (Å²) < 4.78 is 0. The molecule has 0 aliphatic heterocycles. The molecule has 5 heavy (non-hydrogen) atoms. The van der Waals surface area contributed by atoms with Gasteiger partial charge < -0.3 is 16.4 Å². The van der Waals surface area contributed by atoms with E-state index in [9.17, 15) is 0 Å². The van der Waals surface area contributed by atoms with E-state index in [1.54, 1.807) is 0 Å². The van der Waals surface area contributed by atoms with Crippen LogP contribution in [0.5, 0.6) is 0 Å². The van der Waals surface area contributed by atoms with Crippen LogP contribution in [0.15, 0.2) is 0 Å². The molecule has 0 amide bonds. The Bertz CT molecular complexity index is 6.85. The monoisotopic (exact) mass is 82.0 g/mol. The Balaban J connectivity index is 0. The second-order valence-electron chi connectivity index (χ2n) is 0. The van der Waals surface area contributed by atoms with Crippen LogP contribution in [0.1, 0.15) is 0 Å². The van der Waals surface area contributed by atoms with Crippen molar-refractivity contribution >= 4 is 0 Å². The van der Waals surface area contributed by atoms with Crippen molar-refractivity contribution in [3.05, 3.63) is 0 Å². The predicted molar refractivity (Wildman–Crippen MR) is 7.49 cm³/mol. The van der Waals surface area contributed by atoms with Crippen molar-refractivity contribution in [3.8, 4) is 0 Å². The van der Waals surface area contributed by atoms with Gasteiger partial charge in [0.15, 0.2) is 0 Å². The van der Waals surface area contributed by atoms with Crippen LogP contribution in [0.4, 0.5) is 0 Å². The second-order valence-corrected chi connectivity index (χ2v) is 0. The van der Waals surface area contributed by atoms with E-state index in [1.807, 2.05) is 0 Å². The topological polar surface area (TPSA) is 91.5 Å². The fourth-order valence-corrected chi connectivity index (χ4v) is 0. The molecule has 0 saturated carbocycles. The van der Waals surface area contributed by atoms with Gasteiger partial charge in [0.2, 0.25) is 0 Å². The van der Waals surface area contributed by atoms with Gasteiger partial charge in [-0.15, -0.1) is 0 Å². The summed E-state index contributed by atoms with van der Waals surface area (Å²) in [4.78, 5) is 0. The molecule has 3 nitrogen and oxygen atoms in total. The Kier molecular flexibility index (Phi) is 896. The van der Waals surface area contributed by atoms with Gasteiger partial charge in [-0.3, -0.25) is 0 Å². The van der Waals surface area contributed by atoms with Crippen molar-refractivity contribution in [1.82, 2.24) is 0 Å². The fourth-order valence-electron chi connectivity index (χ4n) is 0. The maximum atomic E-state index is 0. The first-order valence-corrected chi connectivity index (χ1v) is 0. The van der Waals surface area contributed by atoms with E-state index in [2.05, 4.69) is 0 Å². The normalized spacial score (nSPS) is 0. The molecule has 0 heterocycles. The van der Waals surface area contributed by atoms with Crippen LogP contribution in [0.3, 0.4) is 0 Å². The van der Waals surface area contributed by atoms with E-state index in [0.717, 1.165) is 0 Å². The van der Waals surface area contributed by atoms with Gasteiger partial charge in [0.05, 0.1) is 0 Å². The average molecular weight is 82.0 g/mol. The molecule has 0 aliphatic rings. The van der Waals surface area contributed by atoms with Crippen LogP contribution in [0, 0.1) is 0 Å². The first kappa shape index (κ1) is 89.0. The van der Waals surface area contributed by atoms with Crippen molar-refractivity contribution in [2.75, 3.05) is 0 Å². The zero-order valence-electron chi connectivity index (χ0n) is 3.39. The molecule has 0 aliphatic carbocycles. The predicted octanol–water partition coefficient (Wildman–Crippen LogP) is -7.17. The third kappa shape index (κ3) is 30.3. The Morgan fingerprint density at radius 1 is 0.800 bits per heavy atom. The molecular weight excluding hydrogens is 77.9 g/mol. The van der Waals surface area contributed by atoms with Gasteiger partial charge in [-0.2, -0.15) is 0 Å². The number of rotatable bonds is 0. The molecule has 0 rings (SSSR count). The molecule has 0 unspecified atom stereocenters. The molecular formula is H4LiNaO3.